The maximum atomic E-state index is 12.6. The molecule has 5 nitrogen and oxygen atoms in total. The van der Waals surface area contributed by atoms with Crippen LogP contribution in [0.5, 0.6) is 0 Å². The van der Waals surface area contributed by atoms with Crippen LogP contribution in [0.3, 0.4) is 0 Å². The summed E-state index contributed by atoms with van der Waals surface area (Å²) in [6.45, 7) is 10.8. The van der Waals surface area contributed by atoms with Gasteiger partial charge in [0.25, 0.3) is 0 Å². The van der Waals surface area contributed by atoms with Crippen LogP contribution in [0.2, 0.25) is 0 Å². The number of anilines is 1. The van der Waals surface area contributed by atoms with Crippen molar-refractivity contribution in [1.29, 1.82) is 0 Å². The summed E-state index contributed by atoms with van der Waals surface area (Å²) in [4.78, 5) is 27.3. The molecule has 5 heteroatoms. The molecule has 0 spiro atoms. The second kappa shape index (κ2) is 8.78. The molecule has 0 fully saturated rings. The molecule has 0 saturated carbocycles. The van der Waals surface area contributed by atoms with Crippen molar-refractivity contribution in [1.82, 2.24) is 10.2 Å². The number of nitrogens with one attached hydrogen (secondary N) is 2. The van der Waals surface area contributed by atoms with Gasteiger partial charge in [0, 0.05) is 31.4 Å². The highest BCUT2D eigenvalue weighted by molar-refractivity contribution is 6.39. The zero-order valence-corrected chi connectivity index (χ0v) is 17.8. The van der Waals surface area contributed by atoms with Crippen molar-refractivity contribution < 1.29 is 9.59 Å². The molecular weight excluding hydrogens is 362 g/mol. The van der Waals surface area contributed by atoms with Crippen molar-refractivity contribution in [3.63, 3.8) is 0 Å². The Labute approximate surface area is 173 Å². The molecule has 0 bridgehead atoms. The fourth-order valence-corrected chi connectivity index (χ4v) is 3.55. The van der Waals surface area contributed by atoms with Crippen LogP contribution in [0, 0.1) is 12.3 Å². The Morgan fingerprint density at radius 1 is 1.00 bits per heavy atom. The van der Waals surface area contributed by atoms with Crippen molar-refractivity contribution in [3.8, 4) is 0 Å². The van der Waals surface area contributed by atoms with E-state index in [1.165, 1.54) is 11.1 Å². The molecule has 2 aromatic carbocycles. The van der Waals surface area contributed by atoms with Gasteiger partial charge in [-0.1, -0.05) is 62.7 Å². The molecule has 154 valence electrons. The van der Waals surface area contributed by atoms with Crippen LogP contribution in [0.1, 0.15) is 37.5 Å². The molecule has 2 N–H and O–H groups in total. The van der Waals surface area contributed by atoms with E-state index in [9.17, 15) is 9.59 Å². The number of hydrogen-bond acceptors (Lipinski definition) is 3. The molecule has 1 heterocycles. The summed E-state index contributed by atoms with van der Waals surface area (Å²) in [5.74, 6) is -1.23. The highest BCUT2D eigenvalue weighted by Crippen LogP contribution is 2.24. The predicted octanol–water partition coefficient (Wildman–Crippen LogP) is 3.52. The van der Waals surface area contributed by atoms with E-state index in [0.717, 1.165) is 25.1 Å². The Morgan fingerprint density at radius 2 is 1.66 bits per heavy atom. The Hall–Kier alpha value is -2.66. The molecule has 2 amide bonds. The first kappa shape index (κ1) is 21.1. The molecule has 1 unspecified atom stereocenters. The first-order chi connectivity index (χ1) is 13.7. The first-order valence-electron chi connectivity index (χ1n) is 10.2. The van der Waals surface area contributed by atoms with Crippen LogP contribution in [0.4, 0.5) is 5.69 Å². The lowest BCUT2D eigenvalue weighted by molar-refractivity contribution is -0.137. The van der Waals surface area contributed by atoms with Crippen molar-refractivity contribution >= 4 is 17.5 Å². The Balaban J connectivity index is 1.62. The zero-order valence-electron chi connectivity index (χ0n) is 17.8. The van der Waals surface area contributed by atoms with Crippen LogP contribution in [0.25, 0.3) is 0 Å². The maximum Gasteiger partial charge on any atom is 0.313 e. The third-order valence-corrected chi connectivity index (χ3v) is 5.52. The maximum absolute atomic E-state index is 12.6. The van der Waals surface area contributed by atoms with Gasteiger partial charge in [0.15, 0.2) is 0 Å². The largest absolute Gasteiger partial charge is 0.343 e. The van der Waals surface area contributed by atoms with Crippen LogP contribution >= 0.6 is 0 Å². The monoisotopic (exact) mass is 393 g/mol. The molecule has 0 radical (unpaired) electrons. The van der Waals surface area contributed by atoms with Gasteiger partial charge in [0.05, 0.1) is 0 Å². The third kappa shape index (κ3) is 5.67. The topological polar surface area (TPSA) is 61.4 Å². The van der Waals surface area contributed by atoms with Gasteiger partial charge in [-0.3, -0.25) is 14.5 Å². The minimum Gasteiger partial charge on any atom is -0.343 e. The number of fused-ring (bicyclic) bond motifs is 1. The van der Waals surface area contributed by atoms with Gasteiger partial charge in [-0.2, -0.15) is 0 Å². The Morgan fingerprint density at radius 3 is 2.31 bits per heavy atom. The smallest absolute Gasteiger partial charge is 0.313 e. The minimum atomic E-state index is -0.632. The Kier molecular flexibility index (Phi) is 6.38. The van der Waals surface area contributed by atoms with Gasteiger partial charge in [-0.15, -0.1) is 0 Å². The van der Waals surface area contributed by atoms with Gasteiger partial charge < -0.3 is 10.6 Å². The number of benzene rings is 2. The summed E-state index contributed by atoms with van der Waals surface area (Å²) in [6, 6.07) is 15.8. The highest BCUT2D eigenvalue weighted by atomic mass is 16.2. The summed E-state index contributed by atoms with van der Waals surface area (Å²) < 4.78 is 0. The minimum absolute atomic E-state index is 0.135. The van der Waals surface area contributed by atoms with Gasteiger partial charge in [0.1, 0.15) is 0 Å². The summed E-state index contributed by atoms with van der Waals surface area (Å²) in [7, 11) is 0. The summed E-state index contributed by atoms with van der Waals surface area (Å²) in [6.07, 6.45) is 1.01. The number of aryl methyl sites for hydroxylation is 1. The van der Waals surface area contributed by atoms with E-state index >= 15 is 0 Å². The predicted molar refractivity (Wildman–Crippen MR) is 117 cm³/mol. The quantitative estimate of drug-likeness (QED) is 0.782. The molecule has 0 aromatic heterocycles. The van der Waals surface area contributed by atoms with Gasteiger partial charge in [-0.25, -0.2) is 0 Å². The lowest BCUT2D eigenvalue weighted by Crippen LogP contribution is -2.53. The van der Waals surface area contributed by atoms with Gasteiger partial charge in [-0.05, 0) is 42.0 Å². The average molecular weight is 394 g/mol. The fourth-order valence-electron chi connectivity index (χ4n) is 3.55. The van der Waals surface area contributed by atoms with Crippen molar-refractivity contribution in [2.24, 2.45) is 5.41 Å². The molecule has 1 atom stereocenters. The van der Waals surface area contributed by atoms with Crippen LogP contribution in [-0.4, -0.2) is 35.8 Å². The second-order valence-electron chi connectivity index (χ2n) is 8.97. The van der Waals surface area contributed by atoms with E-state index in [2.05, 4.69) is 60.6 Å². The SMILES string of the molecule is Cc1ccc(NC(=O)C(=O)NC(CN2CCc3ccccc3C2)C(C)(C)C)cc1. The van der Waals surface area contributed by atoms with Crippen LogP contribution in [0.15, 0.2) is 48.5 Å². The van der Waals surface area contributed by atoms with E-state index < -0.39 is 11.8 Å². The molecule has 1 aliphatic rings. The molecule has 2 aromatic rings. The lowest BCUT2D eigenvalue weighted by Gasteiger charge is -2.37. The molecular formula is C24H31N3O2. The Bertz CT molecular complexity index is 868. The summed E-state index contributed by atoms with van der Waals surface area (Å²) >= 11 is 0. The second-order valence-corrected chi connectivity index (χ2v) is 8.97. The van der Waals surface area contributed by atoms with Crippen molar-refractivity contribution in [2.45, 2.75) is 46.7 Å². The van der Waals surface area contributed by atoms with Gasteiger partial charge in [0.2, 0.25) is 0 Å². The van der Waals surface area contributed by atoms with E-state index in [4.69, 9.17) is 0 Å². The summed E-state index contributed by atoms with van der Waals surface area (Å²) in [5, 5.41) is 5.64. The van der Waals surface area contributed by atoms with Crippen molar-refractivity contribution in [2.75, 3.05) is 18.4 Å². The third-order valence-electron chi connectivity index (χ3n) is 5.52. The highest BCUT2D eigenvalue weighted by Gasteiger charge is 2.31. The van der Waals surface area contributed by atoms with Crippen LogP contribution < -0.4 is 10.6 Å². The molecule has 1 aliphatic heterocycles. The summed E-state index contributed by atoms with van der Waals surface area (Å²) in [5.41, 5.74) is 4.29. The van der Waals surface area contributed by atoms with Crippen LogP contribution in [-0.2, 0) is 22.6 Å². The van der Waals surface area contributed by atoms with Crippen molar-refractivity contribution in [3.05, 3.63) is 65.2 Å². The molecule has 3 rings (SSSR count). The van der Waals surface area contributed by atoms with E-state index in [1.54, 1.807) is 12.1 Å². The number of hydrogen-bond donors (Lipinski definition) is 2. The van der Waals surface area contributed by atoms with E-state index in [1.807, 2.05) is 19.1 Å². The first-order valence-corrected chi connectivity index (χ1v) is 10.2. The number of nitrogens with zero attached hydrogens (tertiary/aromatic N) is 1. The lowest BCUT2D eigenvalue weighted by atomic mass is 9.85. The fraction of sp³-hybridized carbons (Fsp3) is 0.417. The average Bonchev–Trinajstić information content (AvgIpc) is 2.68. The molecule has 29 heavy (non-hydrogen) atoms. The van der Waals surface area contributed by atoms with E-state index in [0.29, 0.717) is 12.2 Å². The normalized spacial score (nSPS) is 15.3. The molecule has 0 aliphatic carbocycles. The van der Waals surface area contributed by atoms with E-state index in [-0.39, 0.29) is 11.5 Å². The zero-order chi connectivity index (χ0) is 21.0. The molecule has 0 saturated heterocycles. The number of carbonyl (C=O) groups excluding carboxylic acids is 2. The number of carbonyl (C=O) groups is 2. The number of amides is 2. The van der Waals surface area contributed by atoms with Gasteiger partial charge >= 0.3 is 11.8 Å². The number of rotatable bonds is 4. The standard InChI is InChI=1S/C24H31N3O2/c1-17-9-11-20(12-10-17)25-22(28)23(29)26-21(24(2,3)4)16-27-14-13-18-7-5-6-8-19(18)15-27/h5-12,21H,13-16H2,1-4H3,(H,25,28)(H,26,29).